The van der Waals surface area contributed by atoms with Crippen molar-refractivity contribution in [3.63, 3.8) is 0 Å². The van der Waals surface area contributed by atoms with Crippen molar-refractivity contribution in [2.75, 3.05) is 11.9 Å². The molecule has 4 aromatic carbocycles. The van der Waals surface area contributed by atoms with E-state index in [4.69, 9.17) is 9.73 Å². The first kappa shape index (κ1) is 17.5. The van der Waals surface area contributed by atoms with Gasteiger partial charge in [0.1, 0.15) is 5.69 Å². The molecule has 0 amide bonds. The number of ether oxygens (including phenoxy) is 1. The fraction of sp³-hybridized carbons (Fsp3) is 0.222. The number of likely N-dealkylation sites (N-methyl/N-ethyl adjacent to an activating group) is 1. The second-order valence-corrected chi connectivity index (χ2v) is 8.91. The molecule has 0 N–H and O–H groups in total. The summed E-state index contributed by atoms with van der Waals surface area (Å²) in [6.45, 7) is 6.64. The maximum Gasteiger partial charge on any atom is 0.231 e. The lowest BCUT2D eigenvalue weighted by Crippen LogP contribution is -2.64. The summed E-state index contributed by atoms with van der Waals surface area (Å²) >= 11 is 0. The zero-order valence-corrected chi connectivity index (χ0v) is 17.7. The van der Waals surface area contributed by atoms with E-state index in [1.165, 1.54) is 22.0 Å². The maximum absolute atomic E-state index is 7.12. The van der Waals surface area contributed by atoms with Gasteiger partial charge in [-0.05, 0) is 43.2 Å². The Kier molecular flexibility index (Phi) is 3.29. The van der Waals surface area contributed by atoms with Crippen molar-refractivity contribution in [3.8, 4) is 5.75 Å². The van der Waals surface area contributed by atoms with Gasteiger partial charge < -0.3 is 9.64 Å². The molecule has 0 bridgehead atoms. The van der Waals surface area contributed by atoms with Gasteiger partial charge in [0.25, 0.3) is 0 Å². The first-order chi connectivity index (χ1) is 14.5. The molecule has 0 saturated carbocycles. The average molecular weight is 393 g/mol. The Hall–Kier alpha value is -3.33. The van der Waals surface area contributed by atoms with Crippen molar-refractivity contribution in [1.29, 1.82) is 0 Å². The van der Waals surface area contributed by atoms with Crippen LogP contribution in [0.2, 0.25) is 0 Å². The van der Waals surface area contributed by atoms with Crippen LogP contribution in [0, 0.1) is 0 Å². The number of benzene rings is 4. The number of hydrogen-bond acceptors (Lipinski definition) is 3. The number of aliphatic imine (C=N–C) groups is 1. The molecule has 0 saturated heterocycles. The van der Waals surface area contributed by atoms with Crippen molar-refractivity contribution in [2.24, 2.45) is 4.99 Å². The zero-order valence-electron chi connectivity index (χ0n) is 17.7. The molecule has 4 aromatic rings. The predicted molar refractivity (Wildman–Crippen MR) is 125 cm³/mol. The highest BCUT2D eigenvalue weighted by Crippen LogP contribution is 2.57. The lowest BCUT2D eigenvalue weighted by Gasteiger charge is -2.48. The monoisotopic (exact) mass is 392 g/mol. The van der Waals surface area contributed by atoms with Crippen LogP contribution >= 0.6 is 0 Å². The van der Waals surface area contributed by atoms with E-state index < -0.39 is 5.72 Å². The fourth-order valence-corrected chi connectivity index (χ4v) is 5.73. The first-order valence-electron chi connectivity index (χ1n) is 10.5. The van der Waals surface area contributed by atoms with Gasteiger partial charge in [-0.15, -0.1) is 0 Å². The van der Waals surface area contributed by atoms with Crippen molar-refractivity contribution < 1.29 is 4.74 Å². The minimum Gasteiger partial charge on any atom is -0.459 e. The molecule has 3 nitrogen and oxygen atoms in total. The molecule has 30 heavy (non-hydrogen) atoms. The van der Waals surface area contributed by atoms with Crippen molar-refractivity contribution >= 4 is 38.6 Å². The molecule has 2 aliphatic rings. The molecule has 2 heterocycles. The molecule has 6 rings (SSSR count). The Morgan fingerprint density at radius 3 is 2.03 bits per heavy atom. The van der Waals surface area contributed by atoms with Gasteiger partial charge >= 0.3 is 0 Å². The Morgan fingerprint density at radius 1 is 0.767 bits per heavy atom. The minimum absolute atomic E-state index is 0.267. The van der Waals surface area contributed by atoms with Gasteiger partial charge in [0, 0.05) is 23.5 Å². The summed E-state index contributed by atoms with van der Waals surface area (Å²) in [4.78, 5) is 7.51. The number of anilines is 1. The lowest BCUT2D eigenvalue weighted by atomic mass is 9.75. The number of rotatable bonds is 0. The standard InChI is InChI=1S/C27H24N2O/c1-17-27(26(2,3)22-15-9-10-16-23(22)29(27)4)30-25-21-14-8-6-12-19(21)18-11-5-7-13-20(18)24(25)28-17/h5-16H,1-4H3. The summed E-state index contributed by atoms with van der Waals surface area (Å²) < 4.78 is 7.12. The molecule has 1 atom stereocenters. The highest BCUT2D eigenvalue weighted by molar-refractivity contribution is 6.18. The van der Waals surface area contributed by atoms with E-state index in [1.807, 2.05) is 0 Å². The van der Waals surface area contributed by atoms with Crippen LogP contribution in [0.15, 0.2) is 77.8 Å². The van der Waals surface area contributed by atoms with Gasteiger partial charge in [-0.1, -0.05) is 66.7 Å². The van der Waals surface area contributed by atoms with E-state index in [2.05, 4.69) is 106 Å². The molecule has 0 fully saturated rings. The molecule has 0 aliphatic carbocycles. The number of nitrogens with zero attached hydrogens (tertiary/aromatic N) is 2. The molecule has 148 valence electrons. The summed E-state index contributed by atoms with van der Waals surface area (Å²) in [5.74, 6) is 0.877. The lowest BCUT2D eigenvalue weighted by molar-refractivity contribution is 0.0786. The molecule has 2 aliphatic heterocycles. The average Bonchev–Trinajstić information content (AvgIpc) is 2.94. The van der Waals surface area contributed by atoms with E-state index in [-0.39, 0.29) is 5.41 Å². The summed E-state index contributed by atoms with van der Waals surface area (Å²) in [6, 6.07) is 25.6. The van der Waals surface area contributed by atoms with Crippen LogP contribution in [0.25, 0.3) is 21.5 Å². The summed E-state index contributed by atoms with van der Waals surface area (Å²) in [5, 5.41) is 4.66. The van der Waals surface area contributed by atoms with Crippen LogP contribution in [0.3, 0.4) is 0 Å². The van der Waals surface area contributed by atoms with Crippen LogP contribution in [0.1, 0.15) is 26.3 Å². The number of para-hydroxylation sites is 1. The Bertz CT molecular complexity index is 1380. The van der Waals surface area contributed by atoms with Crippen LogP contribution in [0.4, 0.5) is 11.4 Å². The third-order valence-electron chi connectivity index (χ3n) is 7.14. The summed E-state index contributed by atoms with van der Waals surface area (Å²) in [6.07, 6.45) is 0. The van der Waals surface area contributed by atoms with Crippen LogP contribution < -0.4 is 9.64 Å². The topological polar surface area (TPSA) is 24.8 Å². The largest absolute Gasteiger partial charge is 0.459 e. The molecule has 3 heteroatoms. The zero-order chi connectivity index (χ0) is 20.7. The van der Waals surface area contributed by atoms with E-state index in [0.717, 1.165) is 27.9 Å². The minimum atomic E-state index is -0.672. The molecular formula is C27H24N2O. The molecule has 0 aromatic heterocycles. The van der Waals surface area contributed by atoms with Gasteiger partial charge in [-0.2, -0.15) is 0 Å². The quantitative estimate of drug-likeness (QED) is 0.315. The summed E-state index contributed by atoms with van der Waals surface area (Å²) in [5.41, 5.74) is 3.47. The molecule has 1 spiro atoms. The fourth-order valence-electron chi connectivity index (χ4n) is 5.73. The van der Waals surface area contributed by atoms with Crippen LogP contribution in [-0.2, 0) is 5.41 Å². The third-order valence-corrected chi connectivity index (χ3v) is 7.14. The van der Waals surface area contributed by atoms with E-state index in [9.17, 15) is 0 Å². The van der Waals surface area contributed by atoms with Crippen molar-refractivity contribution in [3.05, 3.63) is 78.4 Å². The Balaban J connectivity index is 1.71. The van der Waals surface area contributed by atoms with Gasteiger partial charge in [0.15, 0.2) is 5.75 Å². The highest BCUT2D eigenvalue weighted by atomic mass is 16.5. The van der Waals surface area contributed by atoms with Gasteiger partial charge in [-0.3, -0.25) is 0 Å². The molecular weight excluding hydrogens is 368 g/mol. The van der Waals surface area contributed by atoms with Crippen LogP contribution in [0.5, 0.6) is 5.75 Å². The van der Waals surface area contributed by atoms with Gasteiger partial charge in [0.2, 0.25) is 5.72 Å². The van der Waals surface area contributed by atoms with Gasteiger partial charge in [-0.25, -0.2) is 4.99 Å². The third kappa shape index (κ3) is 1.88. The molecule has 0 radical (unpaired) electrons. The summed E-state index contributed by atoms with van der Waals surface area (Å²) in [7, 11) is 2.13. The van der Waals surface area contributed by atoms with E-state index in [0.29, 0.717) is 0 Å². The van der Waals surface area contributed by atoms with Crippen LogP contribution in [-0.4, -0.2) is 18.5 Å². The van der Waals surface area contributed by atoms with E-state index in [1.54, 1.807) is 0 Å². The van der Waals surface area contributed by atoms with E-state index >= 15 is 0 Å². The van der Waals surface area contributed by atoms with Crippen molar-refractivity contribution in [2.45, 2.75) is 31.9 Å². The Labute approximate surface area is 176 Å². The highest BCUT2D eigenvalue weighted by Gasteiger charge is 2.61. The maximum atomic E-state index is 7.12. The Morgan fingerprint density at radius 2 is 1.33 bits per heavy atom. The predicted octanol–water partition coefficient (Wildman–Crippen LogP) is 6.60. The second-order valence-electron chi connectivity index (χ2n) is 8.91. The number of fused-ring (bicyclic) bond motifs is 7. The normalized spacial score (nSPS) is 21.5. The smallest absolute Gasteiger partial charge is 0.231 e. The molecule has 1 unspecified atom stereocenters. The SMILES string of the molecule is CC1=Nc2c(c3ccccc3c3ccccc23)OC12N(C)c1ccccc1C2(C)C. The van der Waals surface area contributed by atoms with Crippen molar-refractivity contribution in [1.82, 2.24) is 0 Å². The number of hydrogen-bond donors (Lipinski definition) is 0. The first-order valence-corrected chi connectivity index (χ1v) is 10.5. The second kappa shape index (κ2) is 5.63. The van der Waals surface area contributed by atoms with Gasteiger partial charge in [0.05, 0.1) is 11.1 Å².